The van der Waals surface area contributed by atoms with Crippen LogP contribution in [-0.2, 0) is 30.5 Å². The summed E-state index contributed by atoms with van der Waals surface area (Å²) in [7, 11) is 1.55. The van der Waals surface area contributed by atoms with Crippen LogP contribution in [0.2, 0.25) is 0 Å². The molecule has 1 amide bonds. The molecule has 4 aromatic rings. The van der Waals surface area contributed by atoms with Gasteiger partial charge in [-0.1, -0.05) is 12.1 Å². The second-order valence-corrected chi connectivity index (χ2v) is 11.2. The number of carbonyl (C=O) groups is 1. The van der Waals surface area contributed by atoms with Crippen molar-refractivity contribution in [3.8, 4) is 17.1 Å². The van der Waals surface area contributed by atoms with Crippen molar-refractivity contribution in [2.24, 2.45) is 0 Å². The number of nitrogens with one attached hydrogen (secondary N) is 1. The largest absolute Gasteiger partial charge is 0.481 e. The number of carbonyl (C=O) groups excluding carboxylic acids is 1. The molecule has 1 aromatic carbocycles. The summed E-state index contributed by atoms with van der Waals surface area (Å²) >= 11 is 0. The van der Waals surface area contributed by atoms with E-state index in [4.69, 9.17) is 9.84 Å². The van der Waals surface area contributed by atoms with E-state index in [0.29, 0.717) is 54.4 Å². The van der Waals surface area contributed by atoms with Crippen LogP contribution in [0.15, 0.2) is 41.2 Å². The molecule has 0 spiro atoms. The highest BCUT2D eigenvalue weighted by atomic mass is 19.4. The first-order valence-corrected chi connectivity index (χ1v) is 14.5. The summed E-state index contributed by atoms with van der Waals surface area (Å²) in [6, 6.07) is 8.65. The van der Waals surface area contributed by atoms with Crippen molar-refractivity contribution >= 4 is 17.1 Å². The van der Waals surface area contributed by atoms with Gasteiger partial charge in [-0.3, -0.25) is 14.0 Å². The zero-order valence-corrected chi connectivity index (χ0v) is 24.2. The topological polar surface area (TPSA) is 101 Å². The average molecular weight is 598 g/mol. The second-order valence-electron chi connectivity index (χ2n) is 11.2. The van der Waals surface area contributed by atoms with Crippen LogP contribution < -0.4 is 10.4 Å². The highest BCUT2D eigenvalue weighted by Gasteiger charge is 2.31. The molecule has 0 unspecified atom stereocenters. The molecule has 43 heavy (non-hydrogen) atoms. The molecule has 2 aliphatic heterocycles. The van der Waals surface area contributed by atoms with Gasteiger partial charge in [-0.15, -0.1) is 0 Å². The number of imidazole rings is 1. The van der Waals surface area contributed by atoms with Crippen molar-refractivity contribution in [2.75, 3.05) is 33.3 Å². The summed E-state index contributed by atoms with van der Waals surface area (Å²) in [5, 5.41) is 4.85. The molecular formula is C30H34F3N7O3. The summed E-state index contributed by atoms with van der Waals surface area (Å²) in [4.78, 5) is 36.3. The summed E-state index contributed by atoms with van der Waals surface area (Å²) in [6.07, 6.45) is -1.28. The van der Waals surface area contributed by atoms with Gasteiger partial charge in [0.15, 0.2) is 5.65 Å². The van der Waals surface area contributed by atoms with Crippen molar-refractivity contribution < 1.29 is 22.7 Å². The van der Waals surface area contributed by atoms with E-state index in [1.165, 1.54) is 19.1 Å². The second kappa shape index (κ2) is 11.5. The number of nitrogens with zero attached hydrogens (tertiary/aromatic N) is 6. The van der Waals surface area contributed by atoms with E-state index in [1.807, 2.05) is 10.7 Å². The summed E-state index contributed by atoms with van der Waals surface area (Å²) in [5.41, 5.74) is 3.61. The third-order valence-corrected chi connectivity index (χ3v) is 8.58. The number of aryl methyl sites for hydroxylation is 1. The Bertz CT molecular complexity index is 1680. The monoisotopic (exact) mass is 597 g/mol. The van der Waals surface area contributed by atoms with Crippen LogP contribution in [0.5, 0.6) is 5.88 Å². The number of rotatable bonds is 7. The molecule has 1 saturated heterocycles. The number of fused-ring (bicyclic) bond motifs is 2. The maximum Gasteiger partial charge on any atom is 0.416 e. The Hall–Kier alpha value is -4.13. The minimum Gasteiger partial charge on any atom is -0.481 e. The predicted octanol–water partition coefficient (Wildman–Crippen LogP) is 4.25. The smallest absolute Gasteiger partial charge is 0.416 e. The number of halogens is 3. The maximum atomic E-state index is 13.1. The summed E-state index contributed by atoms with van der Waals surface area (Å²) in [6.45, 7) is 5.70. The Morgan fingerprint density at radius 2 is 1.81 bits per heavy atom. The van der Waals surface area contributed by atoms with E-state index in [2.05, 4.69) is 14.9 Å². The average Bonchev–Trinajstić information content (AvgIpc) is 3.53. The highest BCUT2D eigenvalue weighted by molar-refractivity contribution is 5.75. The van der Waals surface area contributed by atoms with Gasteiger partial charge < -0.3 is 19.5 Å². The number of amides is 1. The number of aromatic amines is 1. The molecule has 1 fully saturated rings. The van der Waals surface area contributed by atoms with Gasteiger partial charge >= 0.3 is 11.9 Å². The SMILES string of the molecule is COc1ccc2[nH]c(=O)n(C3CCN(CCCn4nc(-c5ccc(C(F)(F)F)cc5)c5c4CCN(C(C)=O)C5)CC3)c2n1. The minimum absolute atomic E-state index is 0.0370. The van der Waals surface area contributed by atoms with Crippen molar-refractivity contribution in [1.82, 2.24) is 34.1 Å². The van der Waals surface area contributed by atoms with Crippen LogP contribution in [0.25, 0.3) is 22.4 Å². The molecule has 5 heterocycles. The first-order chi connectivity index (χ1) is 20.6. The third-order valence-electron chi connectivity index (χ3n) is 8.58. The molecule has 0 aliphatic carbocycles. The lowest BCUT2D eigenvalue weighted by Crippen LogP contribution is -2.38. The Balaban J connectivity index is 1.13. The van der Waals surface area contributed by atoms with Crippen LogP contribution >= 0.6 is 0 Å². The molecule has 2 aliphatic rings. The number of ether oxygens (including phenoxy) is 1. The predicted molar refractivity (Wildman–Crippen MR) is 154 cm³/mol. The van der Waals surface area contributed by atoms with Gasteiger partial charge in [0.1, 0.15) is 0 Å². The van der Waals surface area contributed by atoms with Gasteiger partial charge in [0.25, 0.3) is 0 Å². The summed E-state index contributed by atoms with van der Waals surface area (Å²) in [5.74, 6) is 0.430. The molecule has 0 bridgehead atoms. The molecule has 0 radical (unpaired) electrons. The zero-order valence-electron chi connectivity index (χ0n) is 24.2. The number of aromatic nitrogens is 5. The van der Waals surface area contributed by atoms with E-state index < -0.39 is 11.7 Å². The molecule has 3 aromatic heterocycles. The first kappa shape index (κ1) is 29.0. The Morgan fingerprint density at radius 1 is 1.07 bits per heavy atom. The van der Waals surface area contributed by atoms with E-state index in [0.717, 1.165) is 62.3 Å². The van der Waals surface area contributed by atoms with Crippen molar-refractivity contribution in [3.05, 3.63) is 63.7 Å². The van der Waals surface area contributed by atoms with Crippen LogP contribution in [0.3, 0.4) is 0 Å². The molecule has 6 rings (SSSR count). The molecular weight excluding hydrogens is 563 g/mol. The van der Waals surface area contributed by atoms with Gasteiger partial charge in [-0.05, 0) is 44.0 Å². The lowest BCUT2D eigenvalue weighted by atomic mass is 10.00. The van der Waals surface area contributed by atoms with E-state index in [-0.39, 0.29) is 17.6 Å². The van der Waals surface area contributed by atoms with Crippen molar-refractivity contribution in [1.29, 1.82) is 0 Å². The number of hydrogen-bond acceptors (Lipinski definition) is 6. The Labute approximate surface area is 246 Å². The van der Waals surface area contributed by atoms with Crippen LogP contribution in [0, 0.1) is 0 Å². The van der Waals surface area contributed by atoms with E-state index in [9.17, 15) is 22.8 Å². The fourth-order valence-electron chi connectivity index (χ4n) is 6.28. The van der Waals surface area contributed by atoms with E-state index >= 15 is 0 Å². The number of piperidine rings is 1. The van der Waals surface area contributed by atoms with E-state index in [1.54, 1.807) is 22.6 Å². The number of alkyl halides is 3. The van der Waals surface area contributed by atoms with Gasteiger partial charge in [0.05, 0.1) is 23.9 Å². The number of likely N-dealkylation sites (tertiary alicyclic amines) is 1. The van der Waals surface area contributed by atoms with Gasteiger partial charge in [0, 0.05) is 75.0 Å². The van der Waals surface area contributed by atoms with Gasteiger partial charge in [-0.25, -0.2) is 4.79 Å². The summed E-state index contributed by atoms with van der Waals surface area (Å²) < 4.78 is 48.4. The quantitative estimate of drug-likeness (QED) is 0.342. The lowest BCUT2D eigenvalue weighted by molar-refractivity contribution is -0.137. The Morgan fingerprint density at radius 3 is 2.49 bits per heavy atom. The Kier molecular flexibility index (Phi) is 7.75. The molecule has 10 nitrogen and oxygen atoms in total. The molecule has 0 atom stereocenters. The minimum atomic E-state index is -4.41. The van der Waals surface area contributed by atoms with Gasteiger partial charge in [0.2, 0.25) is 11.8 Å². The number of H-pyrrole nitrogens is 1. The fourth-order valence-corrected chi connectivity index (χ4v) is 6.28. The molecule has 1 N–H and O–H groups in total. The molecule has 13 heteroatoms. The standard InChI is InChI=1S/C30H34F3N7O3/c1-19(41)38-17-12-25-23(18-38)27(20-4-6-21(7-5-20)30(31,32)33)36-39(25)14-3-13-37-15-10-22(11-16-37)40-28-24(34-29(40)42)8-9-26(35-28)43-2/h4-9,22H,3,10-18H2,1-2H3,(H,34,42). The zero-order chi connectivity index (χ0) is 30.3. The maximum absolute atomic E-state index is 13.1. The molecule has 0 saturated carbocycles. The normalized spacial score (nSPS) is 16.5. The van der Waals surface area contributed by atoms with Gasteiger partial charge in [-0.2, -0.15) is 23.3 Å². The third kappa shape index (κ3) is 5.77. The fraction of sp³-hybridized carbons (Fsp3) is 0.467. The van der Waals surface area contributed by atoms with Crippen molar-refractivity contribution in [3.63, 3.8) is 0 Å². The number of benzene rings is 1. The number of pyridine rings is 1. The van der Waals surface area contributed by atoms with Crippen LogP contribution in [0.4, 0.5) is 13.2 Å². The first-order valence-electron chi connectivity index (χ1n) is 14.5. The van der Waals surface area contributed by atoms with Crippen molar-refractivity contribution in [2.45, 2.75) is 57.9 Å². The van der Waals surface area contributed by atoms with Crippen LogP contribution in [0.1, 0.15) is 49.0 Å². The number of methoxy groups -OCH3 is 1. The number of hydrogen-bond donors (Lipinski definition) is 1. The highest BCUT2D eigenvalue weighted by Crippen LogP contribution is 2.34. The van der Waals surface area contributed by atoms with Crippen LogP contribution in [-0.4, -0.2) is 73.3 Å². The lowest BCUT2D eigenvalue weighted by Gasteiger charge is -2.32. The molecule has 228 valence electrons.